The monoisotopic (exact) mass is 458 g/mol. The SMILES string of the molecule is CCOC(=O)CC1Cc2ccccc2N(Cc2nc3c(Br)cccc3s2)C1=O. The number of benzene rings is 2. The number of hydrogen-bond acceptors (Lipinski definition) is 5. The summed E-state index contributed by atoms with van der Waals surface area (Å²) in [6.07, 6.45) is 0.651. The molecule has 4 rings (SSSR count). The highest BCUT2D eigenvalue weighted by molar-refractivity contribution is 9.10. The van der Waals surface area contributed by atoms with E-state index >= 15 is 0 Å². The van der Waals surface area contributed by atoms with Crippen LogP contribution in [0, 0.1) is 5.92 Å². The van der Waals surface area contributed by atoms with E-state index in [0.29, 0.717) is 19.6 Å². The van der Waals surface area contributed by atoms with Gasteiger partial charge in [0.2, 0.25) is 5.91 Å². The van der Waals surface area contributed by atoms with Gasteiger partial charge < -0.3 is 9.64 Å². The van der Waals surface area contributed by atoms with E-state index in [4.69, 9.17) is 9.72 Å². The maximum absolute atomic E-state index is 13.2. The van der Waals surface area contributed by atoms with Crippen molar-refractivity contribution in [2.75, 3.05) is 11.5 Å². The number of esters is 1. The Bertz CT molecular complexity index is 1050. The molecule has 1 amide bonds. The maximum Gasteiger partial charge on any atom is 0.306 e. The molecule has 0 saturated carbocycles. The quantitative estimate of drug-likeness (QED) is 0.519. The summed E-state index contributed by atoms with van der Waals surface area (Å²) in [5.41, 5.74) is 2.87. The number of carbonyl (C=O) groups is 2. The molecule has 0 saturated heterocycles. The Morgan fingerprint density at radius 1 is 1.29 bits per heavy atom. The summed E-state index contributed by atoms with van der Waals surface area (Å²) in [6.45, 7) is 2.48. The van der Waals surface area contributed by atoms with Gasteiger partial charge in [-0.3, -0.25) is 9.59 Å². The first kappa shape index (κ1) is 19.1. The molecular formula is C21H19BrN2O3S. The van der Waals surface area contributed by atoms with Crippen molar-refractivity contribution in [2.24, 2.45) is 5.92 Å². The van der Waals surface area contributed by atoms with Gasteiger partial charge in [-0.05, 0) is 53.0 Å². The van der Waals surface area contributed by atoms with Crippen molar-refractivity contribution >= 4 is 55.0 Å². The molecule has 1 aliphatic rings. The van der Waals surface area contributed by atoms with Gasteiger partial charge in [0.25, 0.3) is 0 Å². The van der Waals surface area contributed by atoms with Crippen molar-refractivity contribution in [1.29, 1.82) is 0 Å². The third-order valence-electron chi connectivity index (χ3n) is 4.79. The van der Waals surface area contributed by atoms with E-state index in [1.165, 1.54) is 0 Å². The first-order chi connectivity index (χ1) is 13.6. The highest BCUT2D eigenvalue weighted by Gasteiger charge is 2.34. The Labute approximate surface area is 175 Å². The fraction of sp³-hybridized carbons (Fsp3) is 0.286. The largest absolute Gasteiger partial charge is 0.466 e. The Hall–Kier alpha value is -2.25. The summed E-state index contributed by atoms with van der Waals surface area (Å²) in [5, 5.41) is 0.863. The Kier molecular flexibility index (Phi) is 5.46. The van der Waals surface area contributed by atoms with Crippen LogP contribution in [-0.4, -0.2) is 23.5 Å². The molecular weight excluding hydrogens is 440 g/mol. The minimum Gasteiger partial charge on any atom is -0.466 e. The van der Waals surface area contributed by atoms with Crippen molar-refractivity contribution < 1.29 is 14.3 Å². The van der Waals surface area contributed by atoms with Gasteiger partial charge >= 0.3 is 5.97 Å². The number of fused-ring (bicyclic) bond motifs is 2. The lowest BCUT2D eigenvalue weighted by atomic mass is 9.89. The third-order valence-corrected chi connectivity index (χ3v) is 6.44. The number of rotatable bonds is 5. The van der Waals surface area contributed by atoms with Crippen molar-refractivity contribution in [2.45, 2.75) is 26.3 Å². The molecule has 7 heteroatoms. The van der Waals surface area contributed by atoms with Crippen LogP contribution in [0.25, 0.3) is 10.2 Å². The van der Waals surface area contributed by atoms with Crippen molar-refractivity contribution in [3.63, 3.8) is 0 Å². The van der Waals surface area contributed by atoms with Crippen LogP contribution in [-0.2, 0) is 27.3 Å². The Balaban J connectivity index is 1.66. The topological polar surface area (TPSA) is 59.5 Å². The van der Waals surface area contributed by atoms with Crippen LogP contribution in [0.5, 0.6) is 0 Å². The average Bonchev–Trinajstić information content (AvgIpc) is 3.09. The molecule has 28 heavy (non-hydrogen) atoms. The van der Waals surface area contributed by atoms with E-state index < -0.39 is 5.92 Å². The standard InChI is InChI=1S/C21H19BrN2O3S/c1-2-27-19(25)11-14-10-13-6-3-4-8-16(13)24(21(14)26)12-18-23-20-15(22)7-5-9-17(20)28-18/h3-9,14H,2,10-12H2,1H3. The number of nitrogens with zero attached hydrogens (tertiary/aromatic N) is 2. The van der Waals surface area contributed by atoms with Gasteiger partial charge in [-0.25, -0.2) is 4.98 Å². The first-order valence-electron chi connectivity index (χ1n) is 9.15. The van der Waals surface area contributed by atoms with Gasteiger partial charge in [0.05, 0.1) is 35.7 Å². The summed E-state index contributed by atoms with van der Waals surface area (Å²) in [4.78, 5) is 31.7. The molecule has 0 fully saturated rings. The van der Waals surface area contributed by atoms with Crippen LogP contribution >= 0.6 is 27.3 Å². The number of anilines is 1. The van der Waals surface area contributed by atoms with Gasteiger partial charge in [-0.1, -0.05) is 24.3 Å². The summed E-state index contributed by atoms with van der Waals surface area (Å²) in [5.74, 6) is -0.788. The number of ether oxygens (including phenoxy) is 1. The fourth-order valence-corrected chi connectivity index (χ4v) is 5.12. The zero-order valence-corrected chi connectivity index (χ0v) is 17.8. The fourth-order valence-electron chi connectivity index (χ4n) is 3.55. The summed E-state index contributed by atoms with van der Waals surface area (Å²) in [6, 6.07) is 13.8. The highest BCUT2D eigenvalue weighted by atomic mass is 79.9. The number of para-hydroxylation sites is 2. The van der Waals surface area contributed by atoms with E-state index in [-0.39, 0.29) is 18.3 Å². The van der Waals surface area contributed by atoms with Crippen molar-refractivity contribution in [1.82, 2.24) is 4.98 Å². The molecule has 0 radical (unpaired) electrons. The predicted molar refractivity (Wildman–Crippen MR) is 113 cm³/mol. The Morgan fingerprint density at radius 3 is 2.89 bits per heavy atom. The van der Waals surface area contributed by atoms with Gasteiger partial charge in [-0.15, -0.1) is 11.3 Å². The van der Waals surface area contributed by atoms with E-state index in [0.717, 1.165) is 30.9 Å². The highest BCUT2D eigenvalue weighted by Crippen LogP contribution is 2.35. The molecule has 0 aliphatic carbocycles. The second-order valence-corrected chi connectivity index (χ2v) is 8.63. The van der Waals surface area contributed by atoms with Gasteiger partial charge in [-0.2, -0.15) is 0 Å². The van der Waals surface area contributed by atoms with Crippen molar-refractivity contribution in [3.05, 3.63) is 57.5 Å². The molecule has 1 unspecified atom stereocenters. The Morgan fingerprint density at radius 2 is 2.11 bits per heavy atom. The van der Waals surface area contributed by atoms with Gasteiger partial charge in [0, 0.05) is 10.2 Å². The lowest BCUT2D eigenvalue weighted by Gasteiger charge is -2.33. The van der Waals surface area contributed by atoms with Crippen LogP contribution < -0.4 is 4.90 Å². The van der Waals surface area contributed by atoms with E-state index in [1.807, 2.05) is 42.5 Å². The zero-order valence-electron chi connectivity index (χ0n) is 15.4. The molecule has 0 spiro atoms. The molecule has 2 heterocycles. The summed E-state index contributed by atoms with van der Waals surface area (Å²) < 4.78 is 7.08. The van der Waals surface area contributed by atoms with E-state index in [2.05, 4.69) is 15.9 Å². The number of hydrogen-bond donors (Lipinski definition) is 0. The molecule has 2 aromatic carbocycles. The molecule has 0 N–H and O–H groups in total. The van der Waals surface area contributed by atoms with Crippen LogP contribution in [0.2, 0.25) is 0 Å². The average molecular weight is 459 g/mol. The minimum absolute atomic E-state index is 0.0509. The normalized spacial score (nSPS) is 16.3. The van der Waals surface area contributed by atoms with Crippen LogP contribution in [0.1, 0.15) is 23.9 Å². The lowest BCUT2D eigenvalue weighted by Crippen LogP contribution is -2.41. The molecule has 5 nitrogen and oxygen atoms in total. The number of halogens is 1. The predicted octanol–water partition coefficient (Wildman–Crippen LogP) is 4.72. The lowest BCUT2D eigenvalue weighted by molar-refractivity contribution is -0.146. The smallest absolute Gasteiger partial charge is 0.306 e. The van der Waals surface area contributed by atoms with E-state index in [1.54, 1.807) is 23.2 Å². The maximum atomic E-state index is 13.2. The van der Waals surface area contributed by atoms with Gasteiger partial charge in [0.15, 0.2) is 0 Å². The second kappa shape index (κ2) is 8.01. The van der Waals surface area contributed by atoms with Gasteiger partial charge in [0.1, 0.15) is 5.01 Å². The molecule has 144 valence electrons. The molecule has 3 aromatic rings. The summed E-state index contributed by atoms with van der Waals surface area (Å²) >= 11 is 5.12. The first-order valence-corrected chi connectivity index (χ1v) is 10.8. The molecule has 1 atom stereocenters. The number of aromatic nitrogens is 1. The third kappa shape index (κ3) is 3.69. The van der Waals surface area contributed by atoms with E-state index in [9.17, 15) is 9.59 Å². The second-order valence-electron chi connectivity index (χ2n) is 6.66. The molecule has 1 aromatic heterocycles. The van der Waals surface area contributed by atoms with Crippen molar-refractivity contribution in [3.8, 4) is 0 Å². The molecule has 0 bridgehead atoms. The van der Waals surface area contributed by atoms with Crippen LogP contribution in [0.15, 0.2) is 46.9 Å². The molecule has 1 aliphatic heterocycles. The van der Waals surface area contributed by atoms with Crippen LogP contribution in [0.4, 0.5) is 5.69 Å². The number of carbonyl (C=O) groups excluding carboxylic acids is 2. The zero-order chi connectivity index (χ0) is 19.7. The summed E-state index contributed by atoms with van der Waals surface area (Å²) in [7, 11) is 0. The number of amides is 1. The number of thiazole rings is 1. The minimum atomic E-state index is -0.407. The van der Waals surface area contributed by atoms with Crippen LogP contribution in [0.3, 0.4) is 0 Å².